The van der Waals surface area contributed by atoms with Crippen LogP contribution in [0, 0.1) is 5.82 Å². The number of carbonyl (C=O) groups is 2. The smallest absolute Gasteiger partial charge is 0.419 e. The lowest BCUT2D eigenvalue weighted by Gasteiger charge is -2.37. The summed E-state index contributed by atoms with van der Waals surface area (Å²) in [4.78, 5) is 28.0. The third kappa shape index (κ3) is 4.41. The lowest BCUT2D eigenvalue weighted by Crippen LogP contribution is -2.55. The maximum Gasteiger partial charge on any atom is 0.419 e. The average Bonchev–Trinajstić information content (AvgIpc) is 2.79. The third-order valence-corrected chi connectivity index (χ3v) is 5.21. The molecule has 0 saturated carbocycles. The van der Waals surface area contributed by atoms with E-state index in [1.807, 2.05) is 0 Å². The fraction of sp³-hybridized carbons (Fsp3) is 0.333. The van der Waals surface area contributed by atoms with Crippen molar-refractivity contribution in [1.29, 1.82) is 0 Å². The van der Waals surface area contributed by atoms with E-state index in [9.17, 15) is 27.2 Å². The zero-order valence-corrected chi connectivity index (χ0v) is 16.7. The Bertz CT molecular complexity index is 1020. The van der Waals surface area contributed by atoms with Crippen LogP contribution in [0.15, 0.2) is 42.5 Å². The number of urea groups is 1. The van der Waals surface area contributed by atoms with Crippen LogP contribution >= 0.6 is 0 Å². The average molecular weight is 453 g/mol. The lowest BCUT2D eigenvalue weighted by atomic mass is 10.1. The Labute approximate surface area is 180 Å². The molecule has 2 aliphatic rings. The number of alkyl halides is 3. The normalized spacial score (nSPS) is 18.3. The van der Waals surface area contributed by atoms with E-state index in [4.69, 9.17) is 9.47 Å². The highest BCUT2D eigenvalue weighted by atomic mass is 19.4. The van der Waals surface area contributed by atoms with Gasteiger partial charge in [-0.25, -0.2) is 9.18 Å². The standard InChI is InChI=1S/C21H19F4N3O4/c22-18-13(21(23,24)25)4-3-5-14(18)26-20(30)28-10-8-27(9-11-28)19(29)17-12-31-15-6-1-2-7-16(15)32-17/h1-7,17H,8-12H2,(H,26,30). The first-order valence-electron chi connectivity index (χ1n) is 9.83. The largest absolute Gasteiger partial charge is 0.485 e. The van der Waals surface area contributed by atoms with E-state index in [0.29, 0.717) is 17.6 Å². The number of ether oxygens (including phenoxy) is 2. The Morgan fingerprint density at radius 3 is 2.28 bits per heavy atom. The van der Waals surface area contributed by atoms with Gasteiger partial charge in [-0.15, -0.1) is 0 Å². The number of hydrogen-bond donors (Lipinski definition) is 1. The van der Waals surface area contributed by atoms with Crippen LogP contribution in [0.1, 0.15) is 5.56 Å². The minimum Gasteiger partial charge on any atom is -0.485 e. The molecular weight excluding hydrogens is 434 g/mol. The number of hydrogen-bond acceptors (Lipinski definition) is 4. The van der Waals surface area contributed by atoms with Crippen molar-refractivity contribution in [2.45, 2.75) is 12.3 Å². The van der Waals surface area contributed by atoms with Gasteiger partial charge in [-0.3, -0.25) is 4.79 Å². The Morgan fingerprint density at radius 1 is 0.938 bits per heavy atom. The van der Waals surface area contributed by atoms with Gasteiger partial charge in [-0.1, -0.05) is 18.2 Å². The monoisotopic (exact) mass is 453 g/mol. The molecule has 7 nitrogen and oxygen atoms in total. The van der Waals surface area contributed by atoms with Crippen molar-refractivity contribution in [3.8, 4) is 11.5 Å². The minimum atomic E-state index is -4.87. The van der Waals surface area contributed by atoms with E-state index >= 15 is 0 Å². The maximum absolute atomic E-state index is 14.1. The number of piperazine rings is 1. The van der Waals surface area contributed by atoms with E-state index in [-0.39, 0.29) is 38.7 Å². The molecule has 3 amide bonds. The van der Waals surface area contributed by atoms with E-state index in [0.717, 1.165) is 12.1 Å². The van der Waals surface area contributed by atoms with E-state index in [1.54, 1.807) is 24.3 Å². The van der Waals surface area contributed by atoms with Crippen LogP contribution in [0.4, 0.5) is 28.0 Å². The van der Waals surface area contributed by atoms with Gasteiger partial charge in [-0.05, 0) is 24.3 Å². The SMILES string of the molecule is O=C(Nc1cccc(C(F)(F)F)c1F)N1CCN(C(=O)C2COc3ccccc3O2)CC1. The summed E-state index contributed by atoms with van der Waals surface area (Å²) in [5.74, 6) is -0.807. The molecule has 0 spiro atoms. The Balaban J connectivity index is 1.33. The summed E-state index contributed by atoms with van der Waals surface area (Å²) in [6.45, 7) is 0.702. The Morgan fingerprint density at radius 2 is 1.59 bits per heavy atom. The predicted octanol–water partition coefficient (Wildman–Crippen LogP) is 3.36. The number of halogens is 4. The van der Waals surface area contributed by atoms with E-state index < -0.39 is 35.4 Å². The second-order valence-electron chi connectivity index (χ2n) is 7.27. The van der Waals surface area contributed by atoms with Gasteiger partial charge in [0.25, 0.3) is 5.91 Å². The highest BCUT2D eigenvalue weighted by molar-refractivity contribution is 5.90. The van der Waals surface area contributed by atoms with Crippen molar-refractivity contribution in [2.75, 3.05) is 38.1 Å². The van der Waals surface area contributed by atoms with Gasteiger partial charge in [0.05, 0.1) is 11.3 Å². The van der Waals surface area contributed by atoms with Crippen molar-refractivity contribution in [3.63, 3.8) is 0 Å². The minimum absolute atomic E-state index is 0.0609. The molecule has 2 aromatic rings. The molecule has 1 atom stereocenters. The summed E-state index contributed by atoms with van der Waals surface area (Å²) in [7, 11) is 0. The first-order chi connectivity index (χ1) is 15.2. The molecule has 1 unspecified atom stereocenters. The van der Waals surface area contributed by atoms with Crippen LogP contribution in [-0.4, -0.2) is 60.6 Å². The van der Waals surface area contributed by atoms with Gasteiger partial charge in [0.15, 0.2) is 17.3 Å². The van der Waals surface area contributed by atoms with Gasteiger partial charge >= 0.3 is 12.2 Å². The van der Waals surface area contributed by atoms with Gasteiger partial charge in [0.2, 0.25) is 6.10 Å². The van der Waals surface area contributed by atoms with Crippen LogP contribution in [0.3, 0.4) is 0 Å². The molecule has 4 rings (SSSR count). The molecular formula is C21H19F4N3O4. The first-order valence-corrected chi connectivity index (χ1v) is 9.83. The molecule has 2 aliphatic heterocycles. The van der Waals surface area contributed by atoms with Crippen LogP contribution in [0.25, 0.3) is 0 Å². The summed E-state index contributed by atoms with van der Waals surface area (Å²) in [6.07, 6.45) is -5.69. The van der Waals surface area contributed by atoms with Crippen LogP contribution in [0.5, 0.6) is 11.5 Å². The number of nitrogens with zero attached hydrogens (tertiary/aromatic N) is 2. The molecule has 0 bridgehead atoms. The van der Waals surface area contributed by atoms with E-state index in [1.165, 1.54) is 9.80 Å². The predicted molar refractivity (Wildman–Crippen MR) is 105 cm³/mol. The molecule has 1 fully saturated rings. The third-order valence-electron chi connectivity index (χ3n) is 5.21. The van der Waals surface area contributed by atoms with E-state index in [2.05, 4.69) is 5.32 Å². The number of amides is 3. The summed E-state index contributed by atoms with van der Waals surface area (Å²) in [5, 5.41) is 2.17. The highest BCUT2D eigenvalue weighted by Gasteiger charge is 2.36. The van der Waals surface area contributed by atoms with Crippen molar-refractivity contribution in [1.82, 2.24) is 9.80 Å². The first kappa shape index (κ1) is 21.7. The number of anilines is 1. The molecule has 170 valence electrons. The number of carbonyl (C=O) groups excluding carboxylic acids is 2. The van der Waals surface area contributed by atoms with Crippen LogP contribution < -0.4 is 14.8 Å². The second kappa shape index (κ2) is 8.56. The number of benzene rings is 2. The molecule has 0 radical (unpaired) electrons. The molecule has 2 aromatic carbocycles. The fourth-order valence-electron chi connectivity index (χ4n) is 3.52. The van der Waals surface area contributed by atoms with Gasteiger partial charge in [0.1, 0.15) is 6.61 Å². The number of para-hydroxylation sites is 2. The summed E-state index contributed by atoms with van der Waals surface area (Å²) < 4.78 is 64.0. The zero-order valence-electron chi connectivity index (χ0n) is 16.7. The van der Waals surface area contributed by atoms with Crippen LogP contribution in [-0.2, 0) is 11.0 Å². The maximum atomic E-state index is 14.1. The van der Waals surface area contributed by atoms with Crippen molar-refractivity contribution >= 4 is 17.6 Å². The molecule has 11 heteroatoms. The number of fused-ring (bicyclic) bond motifs is 1. The van der Waals surface area contributed by atoms with Crippen molar-refractivity contribution in [2.24, 2.45) is 0 Å². The quantitative estimate of drug-likeness (QED) is 0.708. The molecule has 2 heterocycles. The van der Waals surface area contributed by atoms with Gasteiger partial charge < -0.3 is 24.6 Å². The second-order valence-corrected chi connectivity index (χ2v) is 7.27. The topological polar surface area (TPSA) is 71.1 Å². The Hall–Kier alpha value is -3.50. The molecule has 0 aromatic heterocycles. The fourth-order valence-corrected chi connectivity index (χ4v) is 3.52. The summed E-state index contributed by atoms with van der Waals surface area (Å²) >= 11 is 0. The molecule has 1 N–H and O–H groups in total. The summed E-state index contributed by atoms with van der Waals surface area (Å²) in [6, 6.07) is 8.92. The number of rotatable bonds is 2. The zero-order chi connectivity index (χ0) is 22.9. The van der Waals surface area contributed by atoms with Crippen molar-refractivity contribution in [3.05, 3.63) is 53.8 Å². The van der Waals surface area contributed by atoms with Crippen LogP contribution in [0.2, 0.25) is 0 Å². The molecule has 32 heavy (non-hydrogen) atoms. The van der Waals surface area contributed by atoms with Crippen molar-refractivity contribution < 1.29 is 36.6 Å². The summed E-state index contributed by atoms with van der Waals surface area (Å²) in [5.41, 5.74) is -2.02. The van der Waals surface area contributed by atoms with Gasteiger partial charge in [0, 0.05) is 26.2 Å². The molecule has 1 saturated heterocycles. The lowest BCUT2D eigenvalue weighted by molar-refractivity contribution is -0.142. The van der Waals surface area contributed by atoms with Gasteiger partial charge in [-0.2, -0.15) is 13.2 Å². The Kier molecular flexibility index (Phi) is 5.81. The number of nitrogens with one attached hydrogen (secondary N) is 1. The molecule has 0 aliphatic carbocycles. The highest BCUT2D eigenvalue weighted by Crippen LogP contribution is 2.34.